The Morgan fingerprint density at radius 3 is 2.80 bits per heavy atom. The molecule has 0 aliphatic heterocycles. The van der Waals surface area contributed by atoms with Gasteiger partial charge in [0.2, 0.25) is 0 Å². The predicted molar refractivity (Wildman–Crippen MR) is 57.6 cm³/mol. The summed E-state index contributed by atoms with van der Waals surface area (Å²) < 4.78 is 0. The van der Waals surface area contributed by atoms with E-state index in [1.165, 1.54) is 0 Å². The van der Waals surface area contributed by atoms with Crippen molar-refractivity contribution >= 4 is 5.78 Å². The van der Waals surface area contributed by atoms with Gasteiger partial charge in [0.1, 0.15) is 11.6 Å². The Hall–Kier alpha value is -1.25. The first-order chi connectivity index (χ1) is 7.29. The molecule has 0 amide bonds. The number of ketones is 1. The molecule has 1 aromatic heterocycles. The minimum absolute atomic E-state index is 0.387. The smallest absolute Gasteiger partial charge is 0.132 e. The summed E-state index contributed by atoms with van der Waals surface area (Å²) in [5.41, 5.74) is 1.09. The molecule has 3 nitrogen and oxygen atoms in total. The van der Waals surface area contributed by atoms with Crippen molar-refractivity contribution in [3.05, 3.63) is 23.8 Å². The molecule has 1 heterocycles. The largest absolute Gasteiger partial charge is 0.300 e. The van der Waals surface area contributed by atoms with E-state index in [9.17, 15) is 4.79 Å². The molecule has 0 bridgehead atoms. The van der Waals surface area contributed by atoms with Gasteiger partial charge in [-0.2, -0.15) is 0 Å². The molecule has 0 spiro atoms. The van der Waals surface area contributed by atoms with Crippen molar-refractivity contribution in [3.8, 4) is 0 Å². The van der Waals surface area contributed by atoms with E-state index in [1.807, 2.05) is 12.3 Å². The average Bonchev–Trinajstić information content (AvgIpc) is 2.30. The Labute approximate surface area is 89.9 Å². The van der Waals surface area contributed by atoms with Crippen LogP contribution in [0, 0.1) is 0 Å². The van der Waals surface area contributed by atoms with Crippen LogP contribution in [0.25, 0.3) is 0 Å². The number of aromatic nitrogens is 2. The van der Waals surface area contributed by atoms with Gasteiger partial charge in [-0.05, 0) is 25.3 Å². The maximum Gasteiger partial charge on any atom is 0.132 e. The molecule has 1 aliphatic rings. The van der Waals surface area contributed by atoms with Gasteiger partial charge in [0.15, 0.2) is 0 Å². The summed E-state index contributed by atoms with van der Waals surface area (Å²) in [5.74, 6) is 1.72. The van der Waals surface area contributed by atoms with E-state index in [4.69, 9.17) is 0 Å². The standard InChI is InChI=1S/C12H16N2O/c1-2-10-7-8-13-12(14-10)9-3-5-11(15)6-4-9/h7-9H,2-6H2,1H3. The molecule has 0 atom stereocenters. The van der Waals surface area contributed by atoms with Crippen molar-refractivity contribution in [2.24, 2.45) is 0 Å². The summed E-state index contributed by atoms with van der Waals surface area (Å²) in [6.07, 6.45) is 6.02. The third kappa shape index (κ3) is 2.41. The minimum atomic E-state index is 0.387. The number of carbonyl (C=O) groups excluding carboxylic acids is 1. The van der Waals surface area contributed by atoms with Gasteiger partial charge < -0.3 is 0 Å². The number of hydrogen-bond donors (Lipinski definition) is 0. The molecule has 1 fully saturated rings. The molecule has 0 aromatic carbocycles. The third-order valence-corrected chi connectivity index (χ3v) is 3.00. The van der Waals surface area contributed by atoms with Crippen molar-refractivity contribution in [1.29, 1.82) is 0 Å². The second-order valence-electron chi connectivity index (χ2n) is 4.07. The predicted octanol–water partition coefficient (Wildman–Crippen LogP) is 2.27. The van der Waals surface area contributed by atoms with Crippen molar-refractivity contribution in [3.63, 3.8) is 0 Å². The van der Waals surface area contributed by atoms with Crippen LogP contribution >= 0.6 is 0 Å². The number of hydrogen-bond acceptors (Lipinski definition) is 3. The van der Waals surface area contributed by atoms with Gasteiger partial charge >= 0.3 is 0 Å². The van der Waals surface area contributed by atoms with Crippen LogP contribution in [0.1, 0.15) is 50.0 Å². The average molecular weight is 204 g/mol. The van der Waals surface area contributed by atoms with Crippen molar-refractivity contribution < 1.29 is 4.79 Å². The van der Waals surface area contributed by atoms with Crippen molar-refractivity contribution in [2.45, 2.75) is 44.9 Å². The molecule has 1 saturated carbocycles. The molecule has 15 heavy (non-hydrogen) atoms. The van der Waals surface area contributed by atoms with Crippen LogP contribution in [0.5, 0.6) is 0 Å². The Balaban J connectivity index is 2.11. The Bertz CT molecular complexity index is 352. The highest BCUT2D eigenvalue weighted by Gasteiger charge is 2.22. The van der Waals surface area contributed by atoms with Gasteiger partial charge in [-0.25, -0.2) is 9.97 Å². The first-order valence-corrected chi connectivity index (χ1v) is 5.63. The molecular formula is C12H16N2O. The number of carbonyl (C=O) groups is 1. The van der Waals surface area contributed by atoms with Crippen LogP contribution in [-0.2, 0) is 11.2 Å². The molecule has 0 unspecified atom stereocenters. The summed E-state index contributed by atoms with van der Waals surface area (Å²) >= 11 is 0. The van der Waals surface area contributed by atoms with Crippen LogP contribution < -0.4 is 0 Å². The van der Waals surface area contributed by atoms with Crippen LogP contribution in [0.2, 0.25) is 0 Å². The second-order valence-corrected chi connectivity index (χ2v) is 4.07. The zero-order valence-corrected chi connectivity index (χ0v) is 9.07. The monoisotopic (exact) mass is 204 g/mol. The first kappa shape index (κ1) is 10.3. The lowest BCUT2D eigenvalue weighted by molar-refractivity contribution is -0.120. The van der Waals surface area contributed by atoms with Gasteiger partial charge in [0.05, 0.1) is 0 Å². The minimum Gasteiger partial charge on any atom is -0.300 e. The normalized spacial score (nSPS) is 18.1. The Kier molecular flexibility index (Phi) is 3.09. The summed E-state index contributed by atoms with van der Waals surface area (Å²) in [6, 6.07) is 1.96. The molecule has 0 saturated heterocycles. The lowest BCUT2D eigenvalue weighted by Crippen LogP contribution is -2.15. The van der Waals surface area contributed by atoms with Gasteiger partial charge in [0, 0.05) is 30.7 Å². The summed E-state index contributed by atoms with van der Waals surface area (Å²) in [7, 11) is 0. The topological polar surface area (TPSA) is 42.9 Å². The quantitative estimate of drug-likeness (QED) is 0.742. The highest BCUT2D eigenvalue weighted by molar-refractivity contribution is 5.79. The maximum atomic E-state index is 11.1. The fourth-order valence-electron chi connectivity index (χ4n) is 2.00. The van der Waals surface area contributed by atoms with Gasteiger partial charge in [0.25, 0.3) is 0 Å². The van der Waals surface area contributed by atoms with Crippen molar-refractivity contribution in [2.75, 3.05) is 0 Å². The molecule has 1 aromatic rings. The van der Waals surface area contributed by atoms with Gasteiger partial charge in [-0.3, -0.25) is 4.79 Å². The molecule has 1 aliphatic carbocycles. The fraction of sp³-hybridized carbons (Fsp3) is 0.583. The van der Waals surface area contributed by atoms with Crippen LogP contribution in [0.4, 0.5) is 0 Å². The Morgan fingerprint density at radius 1 is 1.40 bits per heavy atom. The fourth-order valence-corrected chi connectivity index (χ4v) is 2.00. The zero-order valence-electron chi connectivity index (χ0n) is 9.07. The van der Waals surface area contributed by atoms with Crippen LogP contribution in [0.3, 0.4) is 0 Å². The highest BCUT2D eigenvalue weighted by Crippen LogP contribution is 2.28. The molecule has 80 valence electrons. The Morgan fingerprint density at radius 2 is 2.13 bits per heavy atom. The van der Waals surface area contributed by atoms with E-state index < -0.39 is 0 Å². The van der Waals surface area contributed by atoms with E-state index >= 15 is 0 Å². The van der Waals surface area contributed by atoms with Crippen LogP contribution in [0.15, 0.2) is 12.3 Å². The number of nitrogens with zero attached hydrogens (tertiary/aromatic N) is 2. The van der Waals surface area contributed by atoms with Crippen LogP contribution in [-0.4, -0.2) is 15.8 Å². The van der Waals surface area contributed by atoms with Crippen molar-refractivity contribution in [1.82, 2.24) is 9.97 Å². The number of aryl methyl sites for hydroxylation is 1. The van der Waals surface area contributed by atoms with Gasteiger partial charge in [-0.1, -0.05) is 6.92 Å². The molecule has 2 rings (SSSR count). The maximum absolute atomic E-state index is 11.1. The zero-order chi connectivity index (χ0) is 10.7. The lowest BCUT2D eigenvalue weighted by atomic mass is 9.88. The summed E-state index contributed by atoms with van der Waals surface area (Å²) in [4.78, 5) is 20.0. The molecular weight excluding hydrogens is 188 g/mol. The SMILES string of the molecule is CCc1ccnc(C2CCC(=O)CC2)n1. The van der Waals surface area contributed by atoms with E-state index in [0.29, 0.717) is 24.5 Å². The summed E-state index contributed by atoms with van der Waals surface area (Å²) in [6.45, 7) is 2.09. The molecule has 0 radical (unpaired) electrons. The first-order valence-electron chi connectivity index (χ1n) is 5.63. The van der Waals surface area contributed by atoms with E-state index in [1.54, 1.807) is 0 Å². The lowest BCUT2D eigenvalue weighted by Gasteiger charge is -2.19. The summed E-state index contributed by atoms with van der Waals surface area (Å²) in [5, 5.41) is 0. The number of Topliss-reactive ketones (excluding diaryl/α,β-unsaturated/α-hetero) is 1. The van der Waals surface area contributed by atoms with E-state index in [2.05, 4.69) is 16.9 Å². The molecule has 3 heteroatoms. The van der Waals surface area contributed by atoms with Gasteiger partial charge in [-0.15, -0.1) is 0 Å². The second kappa shape index (κ2) is 4.51. The highest BCUT2D eigenvalue weighted by atomic mass is 16.1. The third-order valence-electron chi connectivity index (χ3n) is 3.00. The van der Waals surface area contributed by atoms with E-state index in [0.717, 1.165) is 30.8 Å². The number of rotatable bonds is 2. The molecule has 0 N–H and O–H groups in total. The van der Waals surface area contributed by atoms with E-state index in [-0.39, 0.29) is 0 Å².